The third kappa shape index (κ3) is 5.11. The van der Waals surface area contributed by atoms with Crippen molar-refractivity contribution in [2.75, 3.05) is 12.4 Å². The number of nitrogens with one attached hydrogen (secondary N) is 1. The molecule has 0 unspecified atom stereocenters. The van der Waals surface area contributed by atoms with Gasteiger partial charge < -0.3 is 14.8 Å². The molecule has 0 heterocycles. The van der Waals surface area contributed by atoms with Crippen molar-refractivity contribution in [1.82, 2.24) is 0 Å². The molecule has 2 aromatic rings. The molecule has 0 atom stereocenters. The van der Waals surface area contributed by atoms with Crippen molar-refractivity contribution in [3.8, 4) is 5.75 Å². The SMILES string of the molecule is CCc1ccc(OCc2c(NC(=S)OC)cccc2C(F)(F)F)c(Br)c1. The Morgan fingerprint density at radius 3 is 2.54 bits per heavy atom. The van der Waals surface area contributed by atoms with E-state index in [0.717, 1.165) is 18.1 Å². The summed E-state index contributed by atoms with van der Waals surface area (Å²) in [5.74, 6) is 0.458. The highest BCUT2D eigenvalue weighted by Gasteiger charge is 2.34. The maximum Gasteiger partial charge on any atom is 0.416 e. The topological polar surface area (TPSA) is 30.5 Å². The van der Waals surface area contributed by atoms with Gasteiger partial charge >= 0.3 is 6.18 Å². The quantitative estimate of drug-likeness (QED) is 0.573. The predicted molar refractivity (Wildman–Crippen MR) is 103 cm³/mol. The van der Waals surface area contributed by atoms with E-state index in [4.69, 9.17) is 21.7 Å². The summed E-state index contributed by atoms with van der Waals surface area (Å²) in [6.45, 7) is 1.73. The first-order valence-corrected chi connectivity index (χ1v) is 8.91. The predicted octanol–water partition coefficient (Wildman–Crippen LogP) is 5.95. The fourth-order valence-electron chi connectivity index (χ4n) is 2.32. The van der Waals surface area contributed by atoms with Crippen molar-refractivity contribution in [3.05, 3.63) is 57.6 Å². The van der Waals surface area contributed by atoms with Gasteiger partial charge in [-0.05, 0) is 64.4 Å². The van der Waals surface area contributed by atoms with Crippen LogP contribution in [0.1, 0.15) is 23.6 Å². The van der Waals surface area contributed by atoms with Gasteiger partial charge in [-0.1, -0.05) is 19.1 Å². The standard InChI is InChI=1S/C18H17BrF3NO2S/c1-3-11-7-8-16(14(19)9-11)25-10-12-13(18(20,21)22)5-4-6-15(12)23-17(26)24-2/h4-9H,3,10H2,1-2H3,(H,23,26). The van der Waals surface area contributed by atoms with Crippen molar-refractivity contribution in [2.45, 2.75) is 26.1 Å². The Balaban J connectivity index is 2.35. The first-order valence-electron chi connectivity index (χ1n) is 7.71. The lowest BCUT2D eigenvalue weighted by atomic mass is 10.1. The van der Waals surface area contributed by atoms with Gasteiger partial charge in [0.05, 0.1) is 17.1 Å². The van der Waals surface area contributed by atoms with Crippen LogP contribution in [0.3, 0.4) is 0 Å². The number of hydrogen-bond acceptors (Lipinski definition) is 3. The maximum absolute atomic E-state index is 13.4. The minimum atomic E-state index is -4.52. The average molecular weight is 448 g/mol. The Hall–Kier alpha value is -1.80. The summed E-state index contributed by atoms with van der Waals surface area (Å²) in [6.07, 6.45) is -3.67. The lowest BCUT2D eigenvalue weighted by Gasteiger charge is -2.19. The van der Waals surface area contributed by atoms with Crippen molar-refractivity contribution in [3.63, 3.8) is 0 Å². The molecule has 8 heteroatoms. The van der Waals surface area contributed by atoms with E-state index in [9.17, 15) is 13.2 Å². The summed E-state index contributed by atoms with van der Waals surface area (Å²) in [7, 11) is 1.34. The molecule has 2 rings (SSSR count). The highest BCUT2D eigenvalue weighted by Crippen LogP contribution is 2.36. The van der Waals surface area contributed by atoms with E-state index in [1.165, 1.54) is 19.2 Å². The number of thiocarbonyl (C=S) groups is 1. The Labute approximate surface area is 163 Å². The molecule has 3 nitrogen and oxygen atoms in total. The fraction of sp³-hybridized carbons (Fsp3) is 0.278. The highest BCUT2D eigenvalue weighted by atomic mass is 79.9. The third-order valence-electron chi connectivity index (χ3n) is 3.68. The second-order valence-electron chi connectivity index (χ2n) is 5.35. The van der Waals surface area contributed by atoms with Crippen molar-refractivity contribution >= 4 is 39.0 Å². The van der Waals surface area contributed by atoms with Gasteiger partial charge in [0, 0.05) is 11.3 Å². The first kappa shape index (κ1) is 20.5. The molecule has 0 radical (unpaired) electrons. The molecule has 0 fully saturated rings. The molecule has 26 heavy (non-hydrogen) atoms. The van der Waals surface area contributed by atoms with Gasteiger partial charge in [0.25, 0.3) is 5.17 Å². The van der Waals surface area contributed by atoms with Gasteiger partial charge in [-0.3, -0.25) is 0 Å². The van der Waals surface area contributed by atoms with Crippen LogP contribution >= 0.6 is 28.1 Å². The number of methoxy groups -OCH3 is 1. The molecule has 0 spiro atoms. The van der Waals surface area contributed by atoms with Crippen LogP contribution in [0, 0.1) is 0 Å². The molecule has 0 aromatic heterocycles. The van der Waals surface area contributed by atoms with E-state index >= 15 is 0 Å². The molecule has 0 aliphatic heterocycles. The van der Waals surface area contributed by atoms with Gasteiger partial charge in [0.2, 0.25) is 0 Å². The zero-order chi connectivity index (χ0) is 19.3. The Morgan fingerprint density at radius 1 is 1.23 bits per heavy atom. The van der Waals surface area contributed by atoms with E-state index in [1.54, 1.807) is 6.07 Å². The minimum absolute atomic E-state index is 0.0287. The summed E-state index contributed by atoms with van der Waals surface area (Å²) in [5, 5.41) is 2.63. The van der Waals surface area contributed by atoms with Gasteiger partial charge in [-0.15, -0.1) is 0 Å². The molecular formula is C18H17BrF3NO2S. The number of rotatable bonds is 5. The van der Waals surface area contributed by atoms with Crippen LogP contribution in [0.2, 0.25) is 0 Å². The summed E-state index contributed by atoms with van der Waals surface area (Å²) in [4.78, 5) is 0. The Bertz CT molecular complexity index is 796. The van der Waals surface area contributed by atoms with Gasteiger partial charge in [0.1, 0.15) is 12.4 Å². The van der Waals surface area contributed by atoms with Crippen LogP contribution < -0.4 is 10.1 Å². The maximum atomic E-state index is 13.4. The summed E-state index contributed by atoms with van der Waals surface area (Å²) in [5.41, 5.74) is 0.439. The number of hydrogen-bond donors (Lipinski definition) is 1. The van der Waals surface area contributed by atoms with Crippen molar-refractivity contribution < 1.29 is 22.6 Å². The van der Waals surface area contributed by atoms with Crippen LogP contribution in [-0.2, 0) is 23.9 Å². The highest BCUT2D eigenvalue weighted by molar-refractivity contribution is 9.10. The Kier molecular flexibility index (Phi) is 6.88. The smallest absolute Gasteiger partial charge is 0.416 e. The number of aryl methyl sites for hydroxylation is 1. The van der Waals surface area contributed by atoms with Crippen LogP contribution in [0.15, 0.2) is 40.9 Å². The summed E-state index contributed by atoms with van der Waals surface area (Å²) < 4.78 is 51.3. The van der Waals surface area contributed by atoms with Crippen molar-refractivity contribution in [1.29, 1.82) is 0 Å². The summed E-state index contributed by atoms with van der Waals surface area (Å²) >= 11 is 8.28. The average Bonchev–Trinajstić information content (AvgIpc) is 2.60. The van der Waals surface area contributed by atoms with E-state index < -0.39 is 11.7 Å². The second-order valence-corrected chi connectivity index (χ2v) is 6.58. The zero-order valence-corrected chi connectivity index (χ0v) is 16.5. The first-order chi connectivity index (χ1) is 12.3. The number of ether oxygens (including phenoxy) is 2. The van der Waals surface area contributed by atoms with E-state index in [-0.39, 0.29) is 23.0 Å². The monoisotopic (exact) mass is 447 g/mol. The molecule has 1 N–H and O–H groups in total. The number of anilines is 1. The van der Waals surface area contributed by atoms with Crippen molar-refractivity contribution in [2.24, 2.45) is 0 Å². The lowest BCUT2D eigenvalue weighted by Crippen LogP contribution is -2.17. The third-order valence-corrected chi connectivity index (χ3v) is 4.57. The minimum Gasteiger partial charge on any atom is -0.488 e. The van der Waals surface area contributed by atoms with Gasteiger partial charge in [0.15, 0.2) is 0 Å². The largest absolute Gasteiger partial charge is 0.488 e. The molecule has 2 aromatic carbocycles. The molecule has 0 aliphatic rings. The normalized spacial score (nSPS) is 11.2. The van der Waals surface area contributed by atoms with E-state index in [2.05, 4.69) is 21.2 Å². The molecule has 140 valence electrons. The van der Waals surface area contributed by atoms with E-state index in [0.29, 0.717) is 10.2 Å². The molecule has 0 aliphatic carbocycles. The Morgan fingerprint density at radius 2 is 1.96 bits per heavy atom. The van der Waals surface area contributed by atoms with Crippen LogP contribution in [-0.4, -0.2) is 12.3 Å². The molecule has 0 bridgehead atoms. The van der Waals surface area contributed by atoms with Gasteiger partial charge in [-0.2, -0.15) is 13.2 Å². The fourth-order valence-corrected chi connectivity index (χ4v) is 2.97. The molecular weight excluding hydrogens is 431 g/mol. The second kappa shape index (κ2) is 8.73. The number of halogens is 4. The lowest BCUT2D eigenvalue weighted by molar-refractivity contribution is -0.138. The zero-order valence-electron chi connectivity index (χ0n) is 14.1. The van der Waals surface area contributed by atoms with Crippen LogP contribution in [0.25, 0.3) is 0 Å². The molecule has 0 amide bonds. The molecule has 0 saturated carbocycles. The summed E-state index contributed by atoms with van der Waals surface area (Å²) in [6, 6.07) is 9.29. The van der Waals surface area contributed by atoms with Crippen LogP contribution in [0.4, 0.5) is 18.9 Å². The number of alkyl halides is 3. The number of benzene rings is 2. The molecule has 0 saturated heterocycles. The van der Waals surface area contributed by atoms with Gasteiger partial charge in [-0.25, -0.2) is 0 Å². The van der Waals surface area contributed by atoms with Crippen LogP contribution in [0.5, 0.6) is 5.75 Å². The van der Waals surface area contributed by atoms with E-state index in [1.807, 2.05) is 19.1 Å².